The van der Waals surface area contributed by atoms with Crippen LogP contribution in [0.25, 0.3) is 5.78 Å². The Labute approximate surface area is 182 Å². The predicted octanol–water partition coefficient (Wildman–Crippen LogP) is 2.61. The molecule has 10 heteroatoms. The van der Waals surface area contributed by atoms with Gasteiger partial charge in [-0.05, 0) is 44.4 Å². The lowest BCUT2D eigenvalue weighted by molar-refractivity contribution is -0.115. The lowest BCUT2D eigenvalue weighted by Crippen LogP contribution is -2.18. The molecule has 158 valence electrons. The number of fused-ring (bicyclic) bond motifs is 1. The molecule has 0 spiro atoms. The summed E-state index contributed by atoms with van der Waals surface area (Å²) in [7, 11) is 1.77. The van der Waals surface area contributed by atoms with Gasteiger partial charge in [0.2, 0.25) is 16.8 Å². The zero-order valence-electron chi connectivity index (χ0n) is 17.6. The standard InChI is InChI=1S/C21H21N7O2S/c1-12-16(13(2)28-20(23-12)25-21(26-28)31-4)11-17(29)24-15-7-5-14(6-8-15)18(30)19-22-9-10-27(19)3/h5-10H,11H2,1-4H3,(H,24,29). The molecule has 3 aromatic heterocycles. The molecule has 0 radical (unpaired) electrons. The predicted molar refractivity (Wildman–Crippen MR) is 117 cm³/mol. The molecule has 1 N–H and O–H groups in total. The van der Waals surface area contributed by atoms with Crippen LogP contribution in [0, 0.1) is 13.8 Å². The highest BCUT2D eigenvalue weighted by Gasteiger charge is 2.17. The maximum atomic E-state index is 12.7. The molecule has 0 bridgehead atoms. The molecule has 0 aliphatic carbocycles. The van der Waals surface area contributed by atoms with Gasteiger partial charge in [-0.1, -0.05) is 11.8 Å². The molecule has 0 fully saturated rings. The highest BCUT2D eigenvalue weighted by Crippen LogP contribution is 2.18. The molecule has 3 heterocycles. The minimum absolute atomic E-state index is 0.156. The summed E-state index contributed by atoms with van der Waals surface area (Å²) in [6.45, 7) is 3.77. The number of amides is 1. The van der Waals surface area contributed by atoms with E-state index in [4.69, 9.17) is 0 Å². The number of imidazole rings is 1. The number of anilines is 1. The van der Waals surface area contributed by atoms with Crippen molar-refractivity contribution in [3.05, 3.63) is 65.0 Å². The number of carbonyl (C=O) groups is 2. The largest absolute Gasteiger partial charge is 0.331 e. The lowest BCUT2D eigenvalue weighted by atomic mass is 10.1. The first-order valence-electron chi connectivity index (χ1n) is 9.56. The van der Waals surface area contributed by atoms with Crippen molar-refractivity contribution in [3.63, 3.8) is 0 Å². The Hall–Kier alpha value is -3.53. The third-order valence-electron chi connectivity index (χ3n) is 5.00. The van der Waals surface area contributed by atoms with Crippen LogP contribution in [0.15, 0.2) is 41.8 Å². The van der Waals surface area contributed by atoms with E-state index < -0.39 is 0 Å². The first kappa shape index (κ1) is 20.7. The number of benzene rings is 1. The molecule has 0 saturated carbocycles. The molecule has 4 aromatic rings. The van der Waals surface area contributed by atoms with E-state index in [1.165, 1.54) is 11.8 Å². The summed E-state index contributed by atoms with van der Waals surface area (Å²) < 4.78 is 3.34. The fourth-order valence-electron chi connectivity index (χ4n) is 3.32. The van der Waals surface area contributed by atoms with E-state index in [0.717, 1.165) is 17.0 Å². The number of hydrogen-bond donors (Lipinski definition) is 1. The average molecular weight is 436 g/mol. The van der Waals surface area contributed by atoms with E-state index in [9.17, 15) is 9.59 Å². The van der Waals surface area contributed by atoms with Gasteiger partial charge in [0, 0.05) is 47.6 Å². The van der Waals surface area contributed by atoms with Gasteiger partial charge in [0.05, 0.1) is 6.42 Å². The summed E-state index contributed by atoms with van der Waals surface area (Å²) in [6.07, 6.45) is 5.36. The van der Waals surface area contributed by atoms with Crippen LogP contribution < -0.4 is 5.32 Å². The topological polar surface area (TPSA) is 107 Å². The van der Waals surface area contributed by atoms with E-state index in [1.807, 2.05) is 20.1 Å². The molecule has 4 rings (SSSR count). The van der Waals surface area contributed by atoms with Crippen LogP contribution in [0.4, 0.5) is 5.69 Å². The highest BCUT2D eigenvalue weighted by molar-refractivity contribution is 7.98. The van der Waals surface area contributed by atoms with E-state index in [-0.39, 0.29) is 18.1 Å². The summed E-state index contributed by atoms with van der Waals surface area (Å²) in [5.41, 5.74) is 3.50. The maximum absolute atomic E-state index is 12.7. The van der Waals surface area contributed by atoms with Gasteiger partial charge >= 0.3 is 0 Å². The molecular weight excluding hydrogens is 414 g/mol. The third-order valence-corrected chi connectivity index (χ3v) is 5.54. The Balaban J connectivity index is 1.49. The summed E-state index contributed by atoms with van der Waals surface area (Å²) >= 11 is 1.44. The van der Waals surface area contributed by atoms with Gasteiger partial charge in [0.1, 0.15) is 0 Å². The van der Waals surface area contributed by atoms with Gasteiger partial charge in [-0.2, -0.15) is 4.98 Å². The second-order valence-electron chi connectivity index (χ2n) is 7.06. The summed E-state index contributed by atoms with van der Waals surface area (Å²) in [5, 5.41) is 7.92. The van der Waals surface area contributed by atoms with Crippen molar-refractivity contribution in [3.8, 4) is 0 Å². The van der Waals surface area contributed by atoms with Crippen LogP contribution >= 0.6 is 11.8 Å². The van der Waals surface area contributed by atoms with Crippen LogP contribution in [-0.2, 0) is 18.3 Å². The van der Waals surface area contributed by atoms with Gasteiger partial charge < -0.3 is 9.88 Å². The Morgan fingerprint density at radius 3 is 2.52 bits per heavy atom. The second-order valence-corrected chi connectivity index (χ2v) is 7.84. The van der Waals surface area contributed by atoms with Crippen molar-refractivity contribution in [2.45, 2.75) is 25.4 Å². The number of carbonyl (C=O) groups excluding carboxylic acids is 2. The van der Waals surface area contributed by atoms with Crippen molar-refractivity contribution < 1.29 is 9.59 Å². The number of thioether (sulfide) groups is 1. The molecule has 0 aliphatic heterocycles. The van der Waals surface area contributed by atoms with Gasteiger partial charge in [-0.3, -0.25) is 9.59 Å². The highest BCUT2D eigenvalue weighted by atomic mass is 32.2. The first-order chi connectivity index (χ1) is 14.9. The maximum Gasteiger partial charge on any atom is 0.253 e. The summed E-state index contributed by atoms with van der Waals surface area (Å²) in [5.74, 6) is 0.536. The van der Waals surface area contributed by atoms with Crippen LogP contribution in [-0.4, -0.2) is 47.1 Å². The van der Waals surface area contributed by atoms with Crippen molar-refractivity contribution in [1.29, 1.82) is 0 Å². The van der Waals surface area contributed by atoms with Gasteiger partial charge in [-0.25, -0.2) is 14.5 Å². The third kappa shape index (κ3) is 4.06. The van der Waals surface area contributed by atoms with Crippen LogP contribution in [0.3, 0.4) is 0 Å². The molecule has 9 nitrogen and oxygen atoms in total. The molecule has 0 unspecified atom stereocenters. The zero-order valence-corrected chi connectivity index (χ0v) is 18.4. The van der Waals surface area contributed by atoms with Crippen molar-refractivity contribution >= 4 is 34.9 Å². The number of aromatic nitrogens is 6. The minimum Gasteiger partial charge on any atom is -0.331 e. The zero-order chi connectivity index (χ0) is 22.1. The van der Waals surface area contributed by atoms with Gasteiger partial charge in [-0.15, -0.1) is 5.10 Å². The van der Waals surface area contributed by atoms with E-state index in [1.54, 1.807) is 52.8 Å². The van der Waals surface area contributed by atoms with E-state index in [0.29, 0.717) is 28.0 Å². The van der Waals surface area contributed by atoms with Crippen LogP contribution in [0.2, 0.25) is 0 Å². The lowest BCUT2D eigenvalue weighted by Gasteiger charge is -2.11. The molecule has 0 atom stereocenters. The number of nitrogens with zero attached hydrogens (tertiary/aromatic N) is 6. The Morgan fingerprint density at radius 1 is 1.13 bits per heavy atom. The van der Waals surface area contributed by atoms with Crippen LogP contribution in [0.5, 0.6) is 0 Å². The number of ketones is 1. The minimum atomic E-state index is -0.180. The Morgan fingerprint density at radius 2 is 1.87 bits per heavy atom. The Bertz CT molecular complexity index is 1290. The monoisotopic (exact) mass is 435 g/mol. The van der Waals surface area contributed by atoms with Gasteiger partial charge in [0.15, 0.2) is 5.82 Å². The van der Waals surface area contributed by atoms with Crippen molar-refractivity contribution in [2.75, 3.05) is 11.6 Å². The molecule has 31 heavy (non-hydrogen) atoms. The van der Waals surface area contributed by atoms with Crippen molar-refractivity contribution in [2.24, 2.45) is 7.05 Å². The van der Waals surface area contributed by atoms with E-state index in [2.05, 4.69) is 25.4 Å². The Kier molecular flexibility index (Phi) is 5.55. The average Bonchev–Trinajstić information content (AvgIpc) is 3.37. The second kappa shape index (κ2) is 8.31. The molecule has 0 aliphatic rings. The normalized spacial score (nSPS) is 11.1. The molecular formula is C21H21N7O2S. The SMILES string of the molecule is CSc1nc2nc(C)c(CC(=O)Nc3ccc(C(=O)c4nccn4C)cc3)c(C)n2n1. The fourth-order valence-corrected chi connectivity index (χ4v) is 3.65. The summed E-state index contributed by atoms with van der Waals surface area (Å²) in [4.78, 5) is 38.1. The van der Waals surface area contributed by atoms with Crippen molar-refractivity contribution in [1.82, 2.24) is 29.1 Å². The van der Waals surface area contributed by atoms with E-state index >= 15 is 0 Å². The molecule has 1 amide bonds. The first-order valence-corrected chi connectivity index (χ1v) is 10.8. The fraction of sp³-hybridized carbons (Fsp3) is 0.238. The number of nitrogens with one attached hydrogen (secondary N) is 1. The summed E-state index contributed by atoms with van der Waals surface area (Å²) in [6, 6.07) is 6.76. The van der Waals surface area contributed by atoms with Crippen LogP contribution in [0.1, 0.15) is 33.1 Å². The quantitative estimate of drug-likeness (QED) is 0.366. The smallest absolute Gasteiger partial charge is 0.253 e. The number of hydrogen-bond acceptors (Lipinski definition) is 7. The molecule has 0 saturated heterocycles. The number of aryl methyl sites for hydroxylation is 3. The van der Waals surface area contributed by atoms with Gasteiger partial charge in [0.25, 0.3) is 5.78 Å². The molecule has 1 aromatic carbocycles. The number of rotatable bonds is 6.